The van der Waals surface area contributed by atoms with Gasteiger partial charge < -0.3 is 15.4 Å². The quantitative estimate of drug-likeness (QED) is 0.358. The van der Waals surface area contributed by atoms with Crippen LogP contribution in [0, 0.1) is 0 Å². The number of rotatable bonds is 14. The van der Waals surface area contributed by atoms with Crippen LogP contribution < -0.4 is 10.6 Å². The van der Waals surface area contributed by atoms with E-state index in [2.05, 4.69) is 23.6 Å². The summed E-state index contributed by atoms with van der Waals surface area (Å²) in [5.74, 6) is 1.18. The van der Waals surface area contributed by atoms with Crippen molar-refractivity contribution in [1.29, 1.82) is 0 Å². The highest BCUT2D eigenvalue weighted by molar-refractivity contribution is 5.75. The zero-order valence-electron chi connectivity index (χ0n) is 17.5. The third-order valence-corrected chi connectivity index (χ3v) is 5.40. The Labute approximate surface area is 170 Å². The van der Waals surface area contributed by atoms with Gasteiger partial charge in [0.2, 0.25) is 5.91 Å². The molecule has 0 fully saturated rings. The summed E-state index contributed by atoms with van der Waals surface area (Å²) in [4.78, 5) is 27.3. The van der Waals surface area contributed by atoms with E-state index in [0.717, 1.165) is 75.7 Å². The molecule has 2 rings (SSSR count). The van der Waals surface area contributed by atoms with Crippen LogP contribution in [0.1, 0.15) is 94.4 Å². The highest BCUT2D eigenvalue weighted by atomic mass is 16.1. The smallest absolute Gasteiger partial charge is 0.220 e. The predicted molar refractivity (Wildman–Crippen MR) is 115 cm³/mol. The molecule has 156 valence electrons. The Kier molecular flexibility index (Phi) is 10.6. The molecule has 2 N–H and O–H groups in total. The second-order valence-corrected chi connectivity index (χ2v) is 7.84. The molecule has 1 aliphatic heterocycles. The first kappa shape index (κ1) is 22.4. The molecule has 5 heteroatoms. The maximum absolute atomic E-state index is 12.0. The summed E-state index contributed by atoms with van der Waals surface area (Å²) in [7, 11) is 0. The molecule has 0 saturated heterocycles. The molecule has 0 saturated carbocycles. The average molecular weight is 388 g/mol. The van der Waals surface area contributed by atoms with Crippen molar-refractivity contribution in [1.82, 2.24) is 10.3 Å². The van der Waals surface area contributed by atoms with Gasteiger partial charge >= 0.3 is 0 Å². The highest BCUT2D eigenvalue weighted by Gasteiger charge is 2.15. The van der Waals surface area contributed by atoms with Crippen molar-refractivity contribution in [3.8, 4) is 0 Å². The number of aldehydes is 1. The molecule has 1 aliphatic rings. The first-order chi connectivity index (χ1) is 13.7. The zero-order chi connectivity index (χ0) is 20.0. The minimum atomic E-state index is 0.138. The van der Waals surface area contributed by atoms with Gasteiger partial charge in [0, 0.05) is 31.6 Å². The van der Waals surface area contributed by atoms with Gasteiger partial charge in [0.15, 0.2) is 0 Å². The number of nitrogens with one attached hydrogen (secondary N) is 2. The molecule has 0 atom stereocenters. The van der Waals surface area contributed by atoms with E-state index in [1.165, 1.54) is 30.4 Å². The van der Waals surface area contributed by atoms with Crippen molar-refractivity contribution in [3.05, 3.63) is 22.9 Å². The molecule has 0 aliphatic carbocycles. The molecule has 2 heterocycles. The van der Waals surface area contributed by atoms with Crippen LogP contribution in [0.4, 0.5) is 5.82 Å². The van der Waals surface area contributed by atoms with Crippen LogP contribution in [0.15, 0.2) is 6.07 Å². The summed E-state index contributed by atoms with van der Waals surface area (Å²) in [6, 6.07) is 2.25. The van der Waals surface area contributed by atoms with Crippen LogP contribution in [0.5, 0.6) is 0 Å². The van der Waals surface area contributed by atoms with Gasteiger partial charge in [-0.05, 0) is 55.7 Å². The van der Waals surface area contributed by atoms with E-state index in [4.69, 9.17) is 4.98 Å². The van der Waals surface area contributed by atoms with Crippen LogP contribution in [0.3, 0.4) is 0 Å². The second kappa shape index (κ2) is 13.3. The van der Waals surface area contributed by atoms with Gasteiger partial charge in [0.1, 0.15) is 12.1 Å². The lowest BCUT2D eigenvalue weighted by molar-refractivity contribution is -0.121. The van der Waals surface area contributed by atoms with Crippen LogP contribution in [0.25, 0.3) is 0 Å². The number of aromatic nitrogens is 1. The summed E-state index contributed by atoms with van der Waals surface area (Å²) in [5, 5.41) is 6.51. The van der Waals surface area contributed by atoms with E-state index >= 15 is 0 Å². The molecule has 0 radical (unpaired) electrons. The topological polar surface area (TPSA) is 71.1 Å². The van der Waals surface area contributed by atoms with Crippen molar-refractivity contribution in [2.24, 2.45) is 0 Å². The van der Waals surface area contributed by atoms with E-state index in [-0.39, 0.29) is 5.91 Å². The number of carbonyl (C=O) groups excluding carboxylic acids is 2. The van der Waals surface area contributed by atoms with Crippen molar-refractivity contribution in [2.75, 3.05) is 11.9 Å². The number of carbonyl (C=O) groups is 2. The van der Waals surface area contributed by atoms with E-state index < -0.39 is 0 Å². The first-order valence-electron chi connectivity index (χ1n) is 11.2. The number of unbranched alkanes of at least 4 members (excludes halogenated alkanes) is 7. The molecule has 28 heavy (non-hydrogen) atoms. The van der Waals surface area contributed by atoms with Gasteiger partial charge in [-0.25, -0.2) is 4.98 Å². The van der Waals surface area contributed by atoms with Crippen LogP contribution in [-0.2, 0) is 29.0 Å². The van der Waals surface area contributed by atoms with Crippen molar-refractivity contribution in [2.45, 2.75) is 96.9 Å². The Morgan fingerprint density at radius 1 is 1.18 bits per heavy atom. The molecule has 1 aromatic heterocycles. The van der Waals surface area contributed by atoms with Gasteiger partial charge in [0.25, 0.3) is 0 Å². The highest BCUT2D eigenvalue weighted by Crippen LogP contribution is 2.24. The summed E-state index contributed by atoms with van der Waals surface area (Å²) in [6.07, 6.45) is 14.4. The average Bonchev–Trinajstić information content (AvgIpc) is 2.72. The maximum Gasteiger partial charge on any atom is 0.220 e. The fourth-order valence-electron chi connectivity index (χ4n) is 3.69. The number of aryl methyl sites for hydroxylation is 2. The van der Waals surface area contributed by atoms with Crippen molar-refractivity contribution >= 4 is 18.0 Å². The Morgan fingerprint density at radius 2 is 1.96 bits per heavy atom. The number of fused-ring (bicyclic) bond motifs is 1. The first-order valence-corrected chi connectivity index (χ1v) is 11.2. The second-order valence-electron chi connectivity index (χ2n) is 7.84. The Bertz CT molecular complexity index is 616. The fourth-order valence-corrected chi connectivity index (χ4v) is 3.69. The predicted octanol–water partition coefficient (Wildman–Crippen LogP) is 4.72. The van der Waals surface area contributed by atoms with Crippen LogP contribution >= 0.6 is 0 Å². The van der Waals surface area contributed by atoms with Crippen molar-refractivity contribution in [3.63, 3.8) is 0 Å². The number of nitrogens with zero attached hydrogens (tertiary/aromatic N) is 1. The number of amides is 1. The van der Waals surface area contributed by atoms with E-state index in [0.29, 0.717) is 19.4 Å². The molecule has 0 unspecified atom stereocenters. The number of anilines is 1. The summed E-state index contributed by atoms with van der Waals surface area (Å²) >= 11 is 0. The standard InChI is InChI=1S/C23H37N3O2/c1-2-3-14-22(28)25-18-20-17-19-12-11-15-24-23(19)26-21(20)13-9-7-5-4-6-8-10-16-27/h16-17H,2-15,18H2,1H3,(H,24,26)(H,25,28). The Hall–Kier alpha value is -1.91. The number of hydrogen-bond donors (Lipinski definition) is 2. The molecule has 0 spiro atoms. The lowest BCUT2D eigenvalue weighted by atomic mass is 10.00. The normalized spacial score (nSPS) is 12.9. The Morgan fingerprint density at radius 3 is 2.75 bits per heavy atom. The number of pyridine rings is 1. The lowest BCUT2D eigenvalue weighted by Gasteiger charge is -2.20. The lowest BCUT2D eigenvalue weighted by Crippen LogP contribution is -2.24. The molecular weight excluding hydrogens is 350 g/mol. The molecule has 1 amide bonds. The SMILES string of the molecule is CCCCC(=O)NCc1cc2c(nc1CCCCCCCCC=O)NCCC2. The van der Waals surface area contributed by atoms with Gasteiger partial charge in [-0.15, -0.1) is 0 Å². The van der Waals surface area contributed by atoms with Gasteiger partial charge in [-0.1, -0.05) is 39.0 Å². The van der Waals surface area contributed by atoms with Gasteiger partial charge in [-0.2, -0.15) is 0 Å². The zero-order valence-corrected chi connectivity index (χ0v) is 17.5. The van der Waals surface area contributed by atoms with E-state index in [9.17, 15) is 9.59 Å². The van der Waals surface area contributed by atoms with Crippen molar-refractivity contribution < 1.29 is 9.59 Å². The van der Waals surface area contributed by atoms with Gasteiger partial charge in [0.05, 0.1) is 0 Å². The fraction of sp³-hybridized carbons (Fsp3) is 0.696. The van der Waals surface area contributed by atoms with Crippen LogP contribution in [-0.4, -0.2) is 23.7 Å². The summed E-state index contributed by atoms with van der Waals surface area (Å²) in [6.45, 7) is 3.69. The Balaban J connectivity index is 1.87. The minimum Gasteiger partial charge on any atom is -0.370 e. The van der Waals surface area contributed by atoms with E-state index in [1.807, 2.05) is 0 Å². The molecule has 0 aromatic carbocycles. The van der Waals surface area contributed by atoms with Gasteiger partial charge in [-0.3, -0.25) is 4.79 Å². The largest absolute Gasteiger partial charge is 0.370 e. The third kappa shape index (κ3) is 7.99. The molecule has 0 bridgehead atoms. The van der Waals surface area contributed by atoms with E-state index in [1.54, 1.807) is 0 Å². The summed E-state index contributed by atoms with van der Waals surface area (Å²) < 4.78 is 0. The molecule has 1 aromatic rings. The summed E-state index contributed by atoms with van der Waals surface area (Å²) in [5.41, 5.74) is 3.59. The number of hydrogen-bond acceptors (Lipinski definition) is 4. The maximum atomic E-state index is 12.0. The molecular formula is C23H37N3O2. The monoisotopic (exact) mass is 387 g/mol. The van der Waals surface area contributed by atoms with Crippen LogP contribution in [0.2, 0.25) is 0 Å². The third-order valence-electron chi connectivity index (χ3n) is 5.40. The minimum absolute atomic E-state index is 0.138. The molecule has 5 nitrogen and oxygen atoms in total.